The van der Waals surface area contributed by atoms with Crippen LogP contribution in [0.15, 0.2) is 24.3 Å². The van der Waals surface area contributed by atoms with Gasteiger partial charge in [0.1, 0.15) is 5.54 Å². The Bertz CT molecular complexity index is 583. The number of carbonyl (C=O) groups is 2. The Balaban J connectivity index is 2.17. The van der Waals surface area contributed by atoms with Gasteiger partial charge in [-0.3, -0.25) is 4.79 Å². The van der Waals surface area contributed by atoms with Crippen molar-refractivity contribution in [1.29, 1.82) is 0 Å². The molecule has 1 aromatic rings. The summed E-state index contributed by atoms with van der Waals surface area (Å²) >= 11 is 0. The normalized spacial score (nSPS) is 21.2. The summed E-state index contributed by atoms with van der Waals surface area (Å²) in [5, 5.41) is 0. The third-order valence-electron chi connectivity index (χ3n) is 3.84. The van der Waals surface area contributed by atoms with Gasteiger partial charge < -0.3 is 9.64 Å². The molecule has 7 heteroatoms. The minimum atomic E-state index is -4.45. The standard InChI is InChI=1S/C15H16F3NO3/c1-3-22-13(21)14(2)8-9-19(14)12(20)10-4-6-11(7-5-10)15(16,17)18/h4-7H,3,8-9H2,1-2H3. The Morgan fingerprint density at radius 3 is 2.27 bits per heavy atom. The predicted molar refractivity (Wildman–Crippen MR) is 72.1 cm³/mol. The Kier molecular flexibility index (Phi) is 4.17. The van der Waals surface area contributed by atoms with E-state index in [1.807, 2.05) is 0 Å². The summed E-state index contributed by atoms with van der Waals surface area (Å²) in [5.74, 6) is -0.975. The molecular weight excluding hydrogens is 299 g/mol. The average Bonchev–Trinajstić information content (AvgIpc) is 2.44. The maximum Gasteiger partial charge on any atom is 0.416 e. The highest BCUT2D eigenvalue weighted by Gasteiger charge is 2.50. The van der Waals surface area contributed by atoms with Crippen molar-refractivity contribution >= 4 is 11.9 Å². The second kappa shape index (κ2) is 5.62. The number of ether oxygens (including phenoxy) is 1. The van der Waals surface area contributed by atoms with Crippen LogP contribution in [0.3, 0.4) is 0 Å². The van der Waals surface area contributed by atoms with E-state index in [-0.39, 0.29) is 12.2 Å². The molecular formula is C15H16F3NO3. The van der Waals surface area contributed by atoms with Crippen LogP contribution in [-0.2, 0) is 15.7 Å². The third kappa shape index (κ3) is 2.80. The number of benzene rings is 1. The van der Waals surface area contributed by atoms with Crippen LogP contribution in [-0.4, -0.2) is 35.5 Å². The maximum absolute atomic E-state index is 12.5. The largest absolute Gasteiger partial charge is 0.464 e. The van der Waals surface area contributed by atoms with Crippen LogP contribution in [0, 0.1) is 0 Å². The zero-order valence-electron chi connectivity index (χ0n) is 12.2. The summed E-state index contributed by atoms with van der Waals surface area (Å²) < 4.78 is 42.5. The molecule has 1 unspecified atom stereocenters. The fraction of sp³-hybridized carbons (Fsp3) is 0.467. The van der Waals surface area contributed by atoms with E-state index in [2.05, 4.69) is 0 Å². The fourth-order valence-corrected chi connectivity index (χ4v) is 2.34. The number of amides is 1. The van der Waals surface area contributed by atoms with Gasteiger partial charge in [0.2, 0.25) is 0 Å². The number of nitrogens with zero attached hydrogens (tertiary/aromatic N) is 1. The molecule has 1 fully saturated rings. The summed E-state index contributed by atoms with van der Waals surface area (Å²) in [7, 11) is 0. The molecule has 1 heterocycles. The quantitative estimate of drug-likeness (QED) is 0.806. The van der Waals surface area contributed by atoms with Crippen molar-refractivity contribution in [1.82, 2.24) is 4.90 Å². The smallest absolute Gasteiger partial charge is 0.416 e. The van der Waals surface area contributed by atoms with Crippen LogP contribution >= 0.6 is 0 Å². The summed E-state index contributed by atoms with van der Waals surface area (Å²) in [4.78, 5) is 25.6. The van der Waals surface area contributed by atoms with Gasteiger partial charge in [-0.25, -0.2) is 4.79 Å². The lowest BCUT2D eigenvalue weighted by atomic mass is 9.85. The van der Waals surface area contributed by atoms with Crippen LogP contribution in [0.4, 0.5) is 13.2 Å². The Morgan fingerprint density at radius 2 is 1.86 bits per heavy atom. The van der Waals surface area contributed by atoms with Crippen molar-refractivity contribution in [2.24, 2.45) is 0 Å². The lowest BCUT2D eigenvalue weighted by Gasteiger charge is -2.48. The molecule has 1 amide bonds. The molecule has 1 aliphatic rings. The van der Waals surface area contributed by atoms with Gasteiger partial charge in [-0.2, -0.15) is 13.2 Å². The van der Waals surface area contributed by atoms with Gasteiger partial charge in [0, 0.05) is 12.1 Å². The first-order valence-electron chi connectivity index (χ1n) is 6.86. The van der Waals surface area contributed by atoms with Gasteiger partial charge in [0.25, 0.3) is 5.91 Å². The molecule has 0 aliphatic carbocycles. The second-order valence-corrected chi connectivity index (χ2v) is 5.28. The minimum Gasteiger partial charge on any atom is -0.464 e. The molecule has 0 saturated carbocycles. The molecule has 0 N–H and O–H groups in total. The fourth-order valence-electron chi connectivity index (χ4n) is 2.34. The van der Waals surface area contributed by atoms with Crippen LogP contribution in [0.5, 0.6) is 0 Å². The van der Waals surface area contributed by atoms with Crippen LogP contribution < -0.4 is 0 Å². The summed E-state index contributed by atoms with van der Waals surface area (Å²) in [6.45, 7) is 3.84. The van der Waals surface area contributed by atoms with E-state index in [0.717, 1.165) is 24.3 Å². The highest BCUT2D eigenvalue weighted by Crippen LogP contribution is 2.34. The molecule has 22 heavy (non-hydrogen) atoms. The van der Waals surface area contributed by atoms with Crippen molar-refractivity contribution in [3.05, 3.63) is 35.4 Å². The van der Waals surface area contributed by atoms with Crippen LogP contribution in [0.2, 0.25) is 0 Å². The molecule has 0 radical (unpaired) electrons. The highest BCUT2D eigenvalue weighted by molar-refractivity contribution is 5.99. The Morgan fingerprint density at radius 1 is 1.27 bits per heavy atom. The summed E-state index contributed by atoms with van der Waals surface area (Å²) in [6.07, 6.45) is -3.98. The molecule has 0 aromatic heterocycles. The van der Waals surface area contributed by atoms with E-state index in [0.29, 0.717) is 13.0 Å². The second-order valence-electron chi connectivity index (χ2n) is 5.28. The first kappa shape index (κ1) is 16.3. The third-order valence-corrected chi connectivity index (χ3v) is 3.84. The summed E-state index contributed by atoms with van der Waals surface area (Å²) in [6, 6.07) is 3.95. The van der Waals surface area contributed by atoms with Crippen molar-refractivity contribution < 1.29 is 27.5 Å². The van der Waals surface area contributed by atoms with Gasteiger partial charge in [0.15, 0.2) is 0 Å². The number of hydrogen-bond donors (Lipinski definition) is 0. The van der Waals surface area contributed by atoms with Crippen molar-refractivity contribution in [3.63, 3.8) is 0 Å². The zero-order valence-corrected chi connectivity index (χ0v) is 12.2. The van der Waals surface area contributed by atoms with Gasteiger partial charge in [-0.05, 0) is 44.5 Å². The molecule has 1 saturated heterocycles. The van der Waals surface area contributed by atoms with Gasteiger partial charge in [0.05, 0.1) is 12.2 Å². The number of halogens is 3. The van der Waals surface area contributed by atoms with E-state index in [1.54, 1.807) is 13.8 Å². The number of likely N-dealkylation sites (tertiary alicyclic amines) is 1. The number of esters is 1. The Hall–Kier alpha value is -2.05. The first-order chi connectivity index (χ1) is 10.2. The van der Waals surface area contributed by atoms with Crippen LogP contribution in [0.1, 0.15) is 36.2 Å². The van der Waals surface area contributed by atoms with Gasteiger partial charge >= 0.3 is 12.1 Å². The average molecular weight is 315 g/mol. The molecule has 1 atom stereocenters. The number of alkyl halides is 3. The summed E-state index contributed by atoms with van der Waals surface area (Å²) in [5.41, 5.74) is -1.75. The molecule has 2 rings (SSSR count). The number of carbonyl (C=O) groups excluding carboxylic acids is 2. The molecule has 4 nitrogen and oxygen atoms in total. The van der Waals surface area contributed by atoms with E-state index in [9.17, 15) is 22.8 Å². The van der Waals surface area contributed by atoms with E-state index in [1.165, 1.54) is 4.90 Å². The topological polar surface area (TPSA) is 46.6 Å². The van der Waals surface area contributed by atoms with E-state index < -0.39 is 29.2 Å². The highest BCUT2D eigenvalue weighted by atomic mass is 19.4. The molecule has 0 spiro atoms. The molecule has 1 aliphatic heterocycles. The van der Waals surface area contributed by atoms with Crippen molar-refractivity contribution in [2.45, 2.75) is 32.0 Å². The maximum atomic E-state index is 12.5. The minimum absolute atomic E-state index is 0.114. The van der Waals surface area contributed by atoms with Crippen molar-refractivity contribution in [3.8, 4) is 0 Å². The van der Waals surface area contributed by atoms with Crippen LogP contribution in [0.25, 0.3) is 0 Å². The monoisotopic (exact) mass is 315 g/mol. The first-order valence-corrected chi connectivity index (χ1v) is 6.86. The lowest BCUT2D eigenvalue weighted by molar-refractivity contribution is -0.162. The van der Waals surface area contributed by atoms with Crippen molar-refractivity contribution in [2.75, 3.05) is 13.2 Å². The number of hydrogen-bond acceptors (Lipinski definition) is 3. The molecule has 1 aromatic carbocycles. The number of rotatable bonds is 3. The molecule has 120 valence electrons. The Labute approximate surface area is 125 Å². The van der Waals surface area contributed by atoms with E-state index >= 15 is 0 Å². The SMILES string of the molecule is CCOC(=O)C1(C)CCN1C(=O)c1ccc(C(F)(F)F)cc1. The van der Waals surface area contributed by atoms with E-state index in [4.69, 9.17) is 4.74 Å². The lowest BCUT2D eigenvalue weighted by Crippen LogP contribution is -2.65. The zero-order chi connectivity index (χ0) is 16.5. The van der Waals surface area contributed by atoms with Gasteiger partial charge in [-0.15, -0.1) is 0 Å². The van der Waals surface area contributed by atoms with Gasteiger partial charge in [-0.1, -0.05) is 0 Å². The predicted octanol–water partition coefficient (Wildman–Crippen LogP) is 2.87. The molecule has 0 bridgehead atoms.